The lowest BCUT2D eigenvalue weighted by atomic mass is 9.85. The summed E-state index contributed by atoms with van der Waals surface area (Å²) in [5, 5.41) is 5.91. The van der Waals surface area contributed by atoms with Gasteiger partial charge in [0.2, 0.25) is 5.91 Å². The number of unbranched alkanes of at least 4 members (excludes halogenated alkanes) is 1. The maximum absolute atomic E-state index is 13.3. The number of carbonyl (C=O) groups excluding carboxylic acids is 3. The Kier molecular flexibility index (Phi) is 6.23. The summed E-state index contributed by atoms with van der Waals surface area (Å²) in [6.45, 7) is 3.54. The second-order valence-corrected chi connectivity index (χ2v) is 7.64. The van der Waals surface area contributed by atoms with E-state index in [0.717, 1.165) is 28.9 Å². The van der Waals surface area contributed by atoms with Gasteiger partial charge in [-0.1, -0.05) is 67.8 Å². The van der Waals surface area contributed by atoms with Gasteiger partial charge in [0, 0.05) is 0 Å². The minimum Gasteiger partial charge on any atom is -0.323 e. The topological polar surface area (TPSA) is 78.5 Å². The van der Waals surface area contributed by atoms with E-state index in [2.05, 4.69) is 10.6 Å². The number of hydrogen-bond acceptors (Lipinski definition) is 3. The normalized spacial score (nSPS) is 18.7. The number of carbonyl (C=O) groups is 3. The lowest BCUT2D eigenvalue weighted by molar-refractivity contribution is -0.134. The molecule has 2 aromatic rings. The van der Waals surface area contributed by atoms with Gasteiger partial charge < -0.3 is 10.6 Å². The van der Waals surface area contributed by atoms with E-state index >= 15 is 0 Å². The summed E-state index contributed by atoms with van der Waals surface area (Å²) in [7, 11) is 0. The molecule has 152 valence electrons. The van der Waals surface area contributed by atoms with Gasteiger partial charge in [0.25, 0.3) is 5.91 Å². The van der Waals surface area contributed by atoms with E-state index in [4.69, 9.17) is 11.6 Å². The first kappa shape index (κ1) is 20.9. The molecule has 29 heavy (non-hydrogen) atoms. The summed E-state index contributed by atoms with van der Waals surface area (Å²) < 4.78 is 0. The molecule has 1 saturated heterocycles. The Balaban J connectivity index is 1.80. The largest absolute Gasteiger partial charge is 0.325 e. The number of halogens is 1. The number of rotatable bonds is 7. The van der Waals surface area contributed by atoms with Crippen molar-refractivity contribution in [3.05, 3.63) is 64.7 Å². The van der Waals surface area contributed by atoms with Crippen LogP contribution in [0.3, 0.4) is 0 Å². The minimum absolute atomic E-state index is 0.379. The van der Waals surface area contributed by atoms with E-state index in [1.807, 2.05) is 50.2 Å². The molecule has 7 heteroatoms. The van der Waals surface area contributed by atoms with E-state index in [1.165, 1.54) is 0 Å². The fraction of sp³-hybridized carbons (Fsp3) is 0.318. The zero-order valence-corrected chi connectivity index (χ0v) is 17.3. The molecule has 1 fully saturated rings. The number of benzene rings is 2. The summed E-state index contributed by atoms with van der Waals surface area (Å²) in [6.07, 6.45) is 2.12. The molecule has 1 atom stereocenters. The van der Waals surface area contributed by atoms with Gasteiger partial charge in [0.15, 0.2) is 0 Å². The highest BCUT2D eigenvalue weighted by Gasteiger charge is 2.52. The fourth-order valence-corrected chi connectivity index (χ4v) is 3.78. The second kappa shape index (κ2) is 8.66. The summed E-state index contributed by atoms with van der Waals surface area (Å²) >= 11 is 6.16. The SMILES string of the molecule is CCCCC1(c2ccccc2)NC(=O)N(CC(=O)Nc2ccc(C)cc2Cl)C1=O. The summed E-state index contributed by atoms with van der Waals surface area (Å²) in [5.74, 6) is -0.897. The van der Waals surface area contributed by atoms with Crippen LogP contribution in [0.5, 0.6) is 0 Å². The molecule has 0 spiro atoms. The highest BCUT2D eigenvalue weighted by Crippen LogP contribution is 2.34. The van der Waals surface area contributed by atoms with Crippen molar-refractivity contribution >= 4 is 35.1 Å². The van der Waals surface area contributed by atoms with Gasteiger partial charge >= 0.3 is 6.03 Å². The van der Waals surface area contributed by atoms with Crippen molar-refractivity contribution in [1.29, 1.82) is 0 Å². The molecule has 3 rings (SSSR count). The van der Waals surface area contributed by atoms with E-state index in [1.54, 1.807) is 12.1 Å². The van der Waals surface area contributed by atoms with Crippen molar-refractivity contribution in [1.82, 2.24) is 10.2 Å². The van der Waals surface area contributed by atoms with Crippen molar-refractivity contribution in [3.63, 3.8) is 0 Å². The average molecular weight is 414 g/mol. The lowest BCUT2D eigenvalue weighted by Crippen LogP contribution is -2.44. The highest BCUT2D eigenvalue weighted by atomic mass is 35.5. The maximum atomic E-state index is 13.3. The Morgan fingerprint density at radius 3 is 2.55 bits per heavy atom. The molecule has 0 saturated carbocycles. The smallest absolute Gasteiger partial charge is 0.323 e. The maximum Gasteiger partial charge on any atom is 0.325 e. The molecule has 1 aliphatic heterocycles. The predicted molar refractivity (Wildman–Crippen MR) is 113 cm³/mol. The Morgan fingerprint density at radius 2 is 1.90 bits per heavy atom. The average Bonchev–Trinajstić information content (AvgIpc) is 2.94. The van der Waals surface area contributed by atoms with Crippen molar-refractivity contribution in [3.8, 4) is 0 Å². The molecule has 2 N–H and O–H groups in total. The zero-order valence-electron chi connectivity index (χ0n) is 16.5. The van der Waals surface area contributed by atoms with Crippen molar-refractivity contribution in [2.45, 2.75) is 38.6 Å². The van der Waals surface area contributed by atoms with Gasteiger partial charge in [0.1, 0.15) is 12.1 Å². The number of amides is 4. The van der Waals surface area contributed by atoms with Gasteiger partial charge in [-0.15, -0.1) is 0 Å². The van der Waals surface area contributed by atoms with Crippen LogP contribution in [0.4, 0.5) is 10.5 Å². The fourth-order valence-electron chi connectivity index (χ4n) is 3.50. The third kappa shape index (κ3) is 4.27. The zero-order chi connectivity index (χ0) is 21.0. The van der Waals surface area contributed by atoms with Crippen LogP contribution >= 0.6 is 11.6 Å². The number of nitrogens with one attached hydrogen (secondary N) is 2. The number of imide groups is 1. The summed E-state index contributed by atoms with van der Waals surface area (Å²) in [4.78, 5) is 39.4. The first-order valence-corrected chi connectivity index (χ1v) is 10.0. The minimum atomic E-state index is -1.14. The van der Waals surface area contributed by atoms with Gasteiger partial charge in [-0.3, -0.25) is 14.5 Å². The number of anilines is 1. The van der Waals surface area contributed by atoms with E-state index in [9.17, 15) is 14.4 Å². The van der Waals surface area contributed by atoms with Gasteiger partial charge in [0.05, 0.1) is 10.7 Å². The summed E-state index contributed by atoms with van der Waals surface area (Å²) in [5.41, 5.74) is 0.979. The molecule has 0 aromatic heterocycles. The third-order valence-electron chi connectivity index (χ3n) is 5.05. The second-order valence-electron chi connectivity index (χ2n) is 7.23. The van der Waals surface area contributed by atoms with Gasteiger partial charge in [-0.25, -0.2) is 4.79 Å². The molecule has 0 aliphatic carbocycles. The molecule has 0 radical (unpaired) electrons. The number of hydrogen-bond donors (Lipinski definition) is 2. The number of urea groups is 1. The van der Waals surface area contributed by atoms with Crippen molar-refractivity contribution in [2.24, 2.45) is 0 Å². The van der Waals surface area contributed by atoms with Crippen LogP contribution in [0.15, 0.2) is 48.5 Å². The van der Waals surface area contributed by atoms with Crippen LogP contribution in [0.25, 0.3) is 0 Å². The molecule has 2 aromatic carbocycles. The number of aryl methyl sites for hydroxylation is 1. The van der Waals surface area contributed by atoms with E-state index in [-0.39, 0.29) is 6.54 Å². The summed E-state index contributed by atoms with van der Waals surface area (Å²) in [6, 6.07) is 13.8. The van der Waals surface area contributed by atoms with E-state index < -0.39 is 23.4 Å². The predicted octanol–water partition coefficient (Wildman–Crippen LogP) is 4.22. The monoisotopic (exact) mass is 413 g/mol. The quantitative estimate of drug-likeness (QED) is 0.667. The van der Waals surface area contributed by atoms with Crippen LogP contribution in [0.2, 0.25) is 5.02 Å². The van der Waals surface area contributed by atoms with Crippen LogP contribution in [-0.4, -0.2) is 29.3 Å². The molecule has 6 nitrogen and oxygen atoms in total. The Labute approximate surface area is 175 Å². The lowest BCUT2D eigenvalue weighted by Gasteiger charge is -2.27. The molecule has 4 amide bonds. The van der Waals surface area contributed by atoms with Crippen molar-refractivity contribution in [2.75, 3.05) is 11.9 Å². The molecule has 1 heterocycles. The van der Waals surface area contributed by atoms with Crippen LogP contribution in [-0.2, 0) is 15.1 Å². The van der Waals surface area contributed by atoms with Crippen LogP contribution < -0.4 is 10.6 Å². The van der Waals surface area contributed by atoms with Crippen molar-refractivity contribution < 1.29 is 14.4 Å². The Hall–Kier alpha value is -2.86. The molecule has 1 unspecified atom stereocenters. The highest BCUT2D eigenvalue weighted by molar-refractivity contribution is 6.33. The number of nitrogens with zero attached hydrogens (tertiary/aromatic N) is 1. The molecular weight excluding hydrogens is 390 g/mol. The molecule has 1 aliphatic rings. The van der Waals surface area contributed by atoms with Gasteiger partial charge in [-0.2, -0.15) is 0 Å². The standard InChI is InChI=1S/C22H24ClN3O3/c1-3-4-12-22(16-8-6-5-7-9-16)20(28)26(21(29)25-22)14-19(27)24-18-11-10-15(2)13-17(18)23/h5-11,13H,3-4,12,14H2,1-2H3,(H,24,27)(H,25,29). The first-order valence-electron chi connectivity index (χ1n) is 9.63. The molecule has 0 bridgehead atoms. The molecular formula is C22H24ClN3O3. The van der Waals surface area contributed by atoms with Crippen LogP contribution in [0.1, 0.15) is 37.3 Å². The van der Waals surface area contributed by atoms with Crippen LogP contribution in [0, 0.1) is 6.92 Å². The third-order valence-corrected chi connectivity index (χ3v) is 5.36. The Morgan fingerprint density at radius 1 is 1.17 bits per heavy atom. The first-order chi connectivity index (χ1) is 13.9. The Bertz CT molecular complexity index is 932. The van der Waals surface area contributed by atoms with E-state index in [0.29, 0.717) is 17.1 Å². The van der Waals surface area contributed by atoms with Gasteiger partial charge in [-0.05, 0) is 36.6 Å².